The van der Waals surface area contributed by atoms with E-state index in [0.29, 0.717) is 6.04 Å². The molecular formula is C21H27N2O2+. The topological polar surface area (TPSA) is 42.8 Å². The van der Waals surface area contributed by atoms with Crippen LogP contribution in [0.4, 0.5) is 0 Å². The zero-order valence-corrected chi connectivity index (χ0v) is 15.0. The molecule has 3 rings (SSSR count). The summed E-state index contributed by atoms with van der Waals surface area (Å²) in [6.45, 7) is 5.35. The third kappa shape index (κ3) is 4.40. The van der Waals surface area contributed by atoms with Crippen molar-refractivity contribution in [1.82, 2.24) is 5.32 Å². The smallest absolute Gasteiger partial charge is 0.244 e. The van der Waals surface area contributed by atoms with E-state index in [9.17, 15) is 4.79 Å². The first-order valence-electron chi connectivity index (χ1n) is 9.08. The number of carbonyl (C=O) groups excluding carboxylic acids is 1. The second-order valence-corrected chi connectivity index (χ2v) is 6.65. The number of ether oxygens (including phenoxy) is 1. The van der Waals surface area contributed by atoms with Gasteiger partial charge in [-0.2, -0.15) is 0 Å². The largest absolute Gasteiger partial charge is 0.497 e. The van der Waals surface area contributed by atoms with E-state index in [1.165, 1.54) is 19.4 Å². The van der Waals surface area contributed by atoms with E-state index < -0.39 is 0 Å². The van der Waals surface area contributed by atoms with Gasteiger partial charge in [-0.15, -0.1) is 0 Å². The van der Waals surface area contributed by atoms with Crippen molar-refractivity contribution in [3.05, 3.63) is 48.0 Å². The van der Waals surface area contributed by atoms with Crippen LogP contribution >= 0.6 is 0 Å². The Hall–Kier alpha value is -2.33. The van der Waals surface area contributed by atoms with E-state index in [-0.39, 0.29) is 5.91 Å². The summed E-state index contributed by atoms with van der Waals surface area (Å²) >= 11 is 0. The zero-order valence-electron chi connectivity index (χ0n) is 15.0. The van der Waals surface area contributed by atoms with E-state index in [4.69, 9.17) is 4.74 Å². The van der Waals surface area contributed by atoms with Gasteiger partial charge in [0.25, 0.3) is 0 Å². The molecule has 2 aromatic carbocycles. The summed E-state index contributed by atoms with van der Waals surface area (Å²) in [5.74, 6) is 0.836. The summed E-state index contributed by atoms with van der Waals surface area (Å²) in [5, 5.41) is 5.31. The van der Waals surface area contributed by atoms with Gasteiger partial charge in [0.1, 0.15) is 11.8 Å². The molecule has 0 spiro atoms. The van der Waals surface area contributed by atoms with Crippen LogP contribution in [-0.2, 0) is 4.79 Å². The minimum atomic E-state index is -0.0165. The number of amides is 1. The van der Waals surface area contributed by atoms with E-state index in [1.807, 2.05) is 30.3 Å². The molecule has 2 atom stereocenters. The van der Waals surface area contributed by atoms with Crippen LogP contribution in [0.3, 0.4) is 0 Å². The van der Waals surface area contributed by atoms with Gasteiger partial charge >= 0.3 is 0 Å². The first-order chi connectivity index (χ1) is 12.2. The Morgan fingerprint density at radius 3 is 2.88 bits per heavy atom. The lowest BCUT2D eigenvalue weighted by Gasteiger charge is -2.19. The number of hydrogen-bond acceptors (Lipinski definition) is 2. The van der Waals surface area contributed by atoms with E-state index in [0.717, 1.165) is 35.2 Å². The molecule has 1 saturated heterocycles. The van der Waals surface area contributed by atoms with Crippen molar-refractivity contribution in [3.8, 4) is 5.75 Å². The number of likely N-dealkylation sites (N-methyl/N-ethyl adjacent to an activating group) is 1. The summed E-state index contributed by atoms with van der Waals surface area (Å²) < 4.78 is 5.25. The molecule has 1 fully saturated rings. The van der Waals surface area contributed by atoms with Crippen LogP contribution in [0.25, 0.3) is 16.8 Å². The Balaban J connectivity index is 1.59. The monoisotopic (exact) mass is 339 g/mol. The lowest BCUT2D eigenvalue weighted by atomic mass is 10.1. The third-order valence-corrected chi connectivity index (χ3v) is 5.10. The molecule has 1 amide bonds. The summed E-state index contributed by atoms with van der Waals surface area (Å²) in [7, 11) is 1.67. The highest BCUT2D eigenvalue weighted by Gasteiger charge is 2.26. The number of methoxy groups -OCH3 is 1. The Labute approximate surface area is 149 Å². The molecule has 132 valence electrons. The predicted octanol–water partition coefficient (Wildman–Crippen LogP) is 2.04. The van der Waals surface area contributed by atoms with Crippen LogP contribution in [0.5, 0.6) is 5.75 Å². The van der Waals surface area contributed by atoms with Crippen molar-refractivity contribution in [2.24, 2.45) is 0 Å². The number of rotatable bonds is 6. The summed E-state index contributed by atoms with van der Waals surface area (Å²) in [5.41, 5.74) is 1.02. The van der Waals surface area contributed by atoms with Gasteiger partial charge in [-0.25, -0.2) is 0 Å². The first-order valence-corrected chi connectivity index (χ1v) is 9.08. The van der Waals surface area contributed by atoms with Gasteiger partial charge in [-0.05, 0) is 47.5 Å². The second kappa shape index (κ2) is 8.17. The number of fused-ring (bicyclic) bond motifs is 1. The number of hydrogen-bond donors (Lipinski definition) is 2. The number of likely N-dealkylation sites (tertiary alicyclic amines) is 1. The molecule has 0 radical (unpaired) electrons. The molecule has 1 heterocycles. The minimum absolute atomic E-state index is 0.0165. The minimum Gasteiger partial charge on any atom is -0.497 e. The van der Waals surface area contributed by atoms with Crippen LogP contribution in [0.15, 0.2) is 42.5 Å². The average molecular weight is 339 g/mol. The predicted molar refractivity (Wildman–Crippen MR) is 102 cm³/mol. The molecule has 0 bridgehead atoms. The molecule has 4 heteroatoms. The Kier molecular flexibility index (Phi) is 5.71. The van der Waals surface area contributed by atoms with Crippen molar-refractivity contribution >= 4 is 22.8 Å². The highest BCUT2D eigenvalue weighted by atomic mass is 16.5. The fourth-order valence-electron chi connectivity index (χ4n) is 3.62. The maximum atomic E-state index is 12.1. The van der Waals surface area contributed by atoms with Gasteiger partial charge in [0.2, 0.25) is 5.91 Å². The molecule has 1 unspecified atom stereocenters. The van der Waals surface area contributed by atoms with E-state index in [2.05, 4.69) is 24.4 Å². The highest BCUT2D eigenvalue weighted by Crippen LogP contribution is 2.22. The van der Waals surface area contributed by atoms with Crippen molar-refractivity contribution in [1.29, 1.82) is 0 Å². The quantitative estimate of drug-likeness (QED) is 0.791. The molecule has 0 aliphatic carbocycles. The Bertz CT molecular complexity index is 770. The van der Waals surface area contributed by atoms with Crippen LogP contribution in [0.2, 0.25) is 0 Å². The lowest BCUT2D eigenvalue weighted by Crippen LogP contribution is -3.14. The van der Waals surface area contributed by atoms with Crippen molar-refractivity contribution < 1.29 is 14.4 Å². The average Bonchev–Trinajstić information content (AvgIpc) is 3.11. The second-order valence-electron chi connectivity index (χ2n) is 6.65. The molecule has 1 aliphatic heterocycles. The van der Waals surface area contributed by atoms with Crippen LogP contribution in [0, 0.1) is 0 Å². The lowest BCUT2D eigenvalue weighted by molar-refractivity contribution is -0.909. The molecule has 2 aromatic rings. The maximum Gasteiger partial charge on any atom is 0.244 e. The van der Waals surface area contributed by atoms with Crippen molar-refractivity contribution in [2.75, 3.05) is 26.7 Å². The fraction of sp³-hybridized carbons (Fsp3) is 0.381. The number of benzene rings is 2. The SMILES string of the molecule is CC[NH+]1CCC[C@H]1CNC(=O)/C=C/c1ccc2cc(OC)ccc2c1. The summed E-state index contributed by atoms with van der Waals surface area (Å²) in [4.78, 5) is 13.7. The van der Waals surface area contributed by atoms with Gasteiger partial charge in [0.05, 0.1) is 26.7 Å². The molecule has 2 N–H and O–H groups in total. The van der Waals surface area contributed by atoms with Crippen molar-refractivity contribution in [2.45, 2.75) is 25.8 Å². The molecule has 0 saturated carbocycles. The van der Waals surface area contributed by atoms with Gasteiger partial charge in [-0.1, -0.05) is 18.2 Å². The Morgan fingerprint density at radius 1 is 1.28 bits per heavy atom. The first kappa shape index (κ1) is 17.5. The van der Waals surface area contributed by atoms with Crippen LogP contribution < -0.4 is 15.0 Å². The molecular weight excluding hydrogens is 312 g/mol. The molecule has 4 nitrogen and oxygen atoms in total. The van der Waals surface area contributed by atoms with Gasteiger partial charge in [-0.3, -0.25) is 4.79 Å². The third-order valence-electron chi connectivity index (χ3n) is 5.10. The normalized spacial score (nSPS) is 20.2. The van der Waals surface area contributed by atoms with Gasteiger partial charge in [0.15, 0.2) is 0 Å². The highest BCUT2D eigenvalue weighted by molar-refractivity contribution is 5.93. The van der Waals surface area contributed by atoms with E-state index >= 15 is 0 Å². The number of carbonyl (C=O) groups is 1. The molecule has 0 aromatic heterocycles. The van der Waals surface area contributed by atoms with Gasteiger partial charge < -0.3 is 15.0 Å². The molecule has 1 aliphatic rings. The van der Waals surface area contributed by atoms with Crippen molar-refractivity contribution in [3.63, 3.8) is 0 Å². The van der Waals surface area contributed by atoms with Crippen LogP contribution in [-0.4, -0.2) is 38.7 Å². The number of nitrogens with one attached hydrogen (secondary N) is 2. The maximum absolute atomic E-state index is 12.1. The summed E-state index contributed by atoms with van der Waals surface area (Å²) in [6, 6.07) is 12.7. The standard InChI is InChI=1S/C21H26N2O2/c1-3-23-12-4-5-19(23)15-22-21(24)11-7-16-6-8-18-14-20(25-2)10-9-17(18)13-16/h6-11,13-14,19H,3-5,12,15H2,1-2H3,(H,22,24)/p+1/b11-7+/t19-/m0/s1. The zero-order chi connectivity index (χ0) is 17.6. The fourth-order valence-corrected chi connectivity index (χ4v) is 3.62. The summed E-state index contributed by atoms with van der Waals surface area (Å²) in [6.07, 6.45) is 5.98. The van der Waals surface area contributed by atoms with Crippen LogP contribution in [0.1, 0.15) is 25.3 Å². The molecule has 25 heavy (non-hydrogen) atoms. The van der Waals surface area contributed by atoms with E-state index in [1.54, 1.807) is 18.1 Å². The number of quaternary nitrogens is 1. The Morgan fingerprint density at radius 2 is 2.08 bits per heavy atom. The van der Waals surface area contributed by atoms with Gasteiger partial charge in [0, 0.05) is 18.9 Å².